The van der Waals surface area contributed by atoms with Gasteiger partial charge in [0.2, 0.25) is 0 Å². The highest BCUT2D eigenvalue weighted by molar-refractivity contribution is 7.07. The molecule has 3 aromatic rings. The summed E-state index contributed by atoms with van der Waals surface area (Å²) in [6.45, 7) is 5.75. The van der Waals surface area contributed by atoms with Gasteiger partial charge < -0.3 is 9.16 Å². The molecule has 0 saturated heterocycles. The second kappa shape index (κ2) is 9.31. The zero-order chi connectivity index (χ0) is 19.8. The number of hydrogen-bond donors (Lipinski definition) is 0. The van der Waals surface area contributed by atoms with Gasteiger partial charge in [0.15, 0.2) is 0 Å². The standard InChI is InChI=1S/C24H24O3Si/c1-20(2)24(25)26-18-19-27-28(21-12-6-3-7-13-21,22-14-8-4-9-15-22)23-16-10-5-11-17-23/h3-17H,1,18-19H2,2H3. The molecular formula is C24H24O3Si. The van der Waals surface area contributed by atoms with Crippen molar-refractivity contribution < 1.29 is 14.0 Å². The van der Waals surface area contributed by atoms with E-state index in [0.717, 1.165) is 15.6 Å². The highest BCUT2D eigenvalue weighted by atomic mass is 28.4. The Morgan fingerprint density at radius 1 is 0.750 bits per heavy atom. The molecule has 3 rings (SSSR count). The predicted molar refractivity (Wildman–Crippen MR) is 116 cm³/mol. The Kier molecular flexibility index (Phi) is 6.58. The summed E-state index contributed by atoms with van der Waals surface area (Å²) in [5.74, 6) is -0.394. The summed E-state index contributed by atoms with van der Waals surface area (Å²) < 4.78 is 11.9. The van der Waals surface area contributed by atoms with E-state index in [1.165, 1.54) is 0 Å². The summed E-state index contributed by atoms with van der Waals surface area (Å²) in [5.41, 5.74) is 0.387. The van der Waals surface area contributed by atoms with Crippen LogP contribution >= 0.6 is 0 Å². The molecule has 0 atom stereocenters. The van der Waals surface area contributed by atoms with Crippen LogP contribution in [0.25, 0.3) is 0 Å². The van der Waals surface area contributed by atoms with Crippen LogP contribution in [0.4, 0.5) is 0 Å². The lowest BCUT2D eigenvalue weighted by atomic mass is 10.3. The van der Waals surface area contributed by atoms with Crippen molar-refractivity contribution in [1.29, 1.82) is 0 Å². The molecule has 0 unspecified atom stereocenters. The maximum absolute atomic E-state index is 11.7. The van der Waals surface area contributed by atoms with Gasteiger partial charge in [-0.3, -0.25) is 0 Å². The minimum absolute atomic E-state index is 0.187. The summed E-state index contributed by atoms with van der Waals surface area (Å²) >= 11 is 0. The summed E-state index contributed by atoms with van der Waals surface area (Å²) in [6, 6.07) is 30.9. The van der Waals surface area contributed by atoms with Crippen molar-refractivity contribution in [2.75, 3.05) is 13.2 Å². The van der Waals surface area contributed by atoms with Crippen LogP contribution < -0.4 is 15.6 Å². The number of carbonyl (C=O) groups excluding carboxylic acids is 1. The second-order valence-electron chi connectivity index (χ2n) is 6.54. The van der Waals surface area contributed by atoms with Crippen LogP contribution in [0.1, 0.15) is 6.92 Å². The van der Waals surface area contributed by atoms with Gasteiger partial charge >= 0.3 is 5.97 Å². The summed E-state index contributed by atoms with van der Waals surface area (Å²) in [5, 5.41) is 3.45. The molecule has 0 amide bonds. The third-order valence-electron chi connectivity index (χ3n) is 4.52. The maximum Gasteiger partial charge on any atom is 0.333 e. The Hall–Kier alpha value is -2.95. The van der Waals surface area contributed by atoms with E-state index in [0.29, 0.717) is 12.2 Å². The van der Waals surface area contributed by atoms with Gasteiger partial charge in [-0.15, -0.1) is 0 Å². The molecule has 3 aromatic carbocycles. The van der Waals surface area contributed by atoms with E-state index in [-0.39, 0.29) is 6.61 Å². The number of benzene rings is 3. The smallest absolute Gasteiger partial charge is 0.333 e. The average Bonchev–Trinajstić information content (AvgIpc) is 2.75. The fourth-order valence-corrected chi connectivity index (χ4v) is 7.10. The Labute approximate surface area is 167 Å². The van der Waals surface area contributed by atoms with E-state index in [4.69, 9.17) is 9.16 Å². The molecule has 0 fully saturated rings. The molecule has 0 N–H and O–H groups in total. The lowest BCUT2D eigenvalue weighted by molar-refractivity contribution is -0.139. The molecule has 0 spiro atoms. The first-order valence-corrected chi connectivity index (χ1v) is 11.2. The van der Waals surface area contributed by atoms with Crippen molar-refractivity contribution in [2.45, 2.75) is 6.92 Å². The first kappa shape index (κ1) is 19.8. The molecule has 0 aromatic heterocycles. The SMILES string of the molecule is C=C(C)C(=O)OCCO[Si](c1ccccc1)(c1ccccc1)c1ccccc1. The average molecular weight is 389 g/mol. The number of ether oxygens (including phenoxy) is 1. The molecule has 0 aliphatic carbocycles. The van der Waals surface area contributed by atoms with Crippen LogP contribution in [0.2, 0.25) is 0 Å². The van der Waals surface area contributed by atoms with Gasteiger partial charge in [0.05, 0.1) is 6.61 Å². The van der Waals surface area contributed by atoms with Gasteiger partial charge in [0.25, 0.3) is 8.32 Å². The van der Waals surface area contributed by atoms with Crippen LogP contribution in [-0.2, 0) is 14.0 Å². The fourth-order valence-electron chi connectivity index (χ4n) is 3.22. The Morgan fingerprint density at radius 3 is 1.50 bits per heavy atom. The molecule has 0 aliphatic heterocycles. The molecule has 142 valence electrons. The van der Waals surface area contributed by atoms with Gasteiger partial charge in [-0.2, -0.15) is 0 Å². The van der Waals surface area contributed by atoms with Gasteiger partial charge in [-0.1, -0.05) is 97.6 Å². The van der Waals surface area contributed by atoms with E-state index >= 15 is 0 Å². The van der Waals surface area contributed by atoms with Gasteiger partial charge in [-0.05, 0) is 22.5 Å². The highest BCUT2D eigenvalue weighted by Crippen LogP contribution is 2.10. The minimum Gasteiger partial charge on any atom is -0.460 e. The van der Waals surface area contributed by atoms with Crippen LogP contribution in [0, 0.1) is 0 Å². The van der Waals surface area contributed by atoms with Crippen molar-refractivity contribution in [3.63, 3.8) is 0 Å². The van der Waals surface area contributed by atoms with Crippen molar-refractivity contribution in [3.05, 3.63) is 103 Å². The van der Waals surface area contributed by atoms with E-state index in [9.17, 15) is 4.79 Å². The van der Waals surface area contributed by atoms with Crippen molar-refractivity contribution in [2.24, 2.45) is 0 Å². The zero-order valence-electron chi connectivity index (χ0n) is 16.0. The lowest BCUT2D eigenvalue weighted by Crippen LogP contribution is -2.69. The summed E-state index contributed by atoms with van der Waals surface area (Å²) in [6.07, 6.45) is 0. The van der Waals surface area contributed by atoms with Crippen LogP contribution in [0.5, 0.6) is 0 Å². The molecule has 28 heavy (non-hydrogen) atoms. The number of rotatable bonds is 8. The molecule has 0 radical (unpaired) electrons. The molecule has 0 heterocycles. The molecule has 0 aliphatic rings. The van der Waals surface area contributed by atoms with Crippen LogP contribution in [-0.4, -0.2) is 27.5 Å². The van der Waals surface area contributed by atoms with E-state index in [1.807, 2.05) is 54.6 Å². The van der Waals surface area contributed by atoms with Gasteiger partial charge in [0, 0.05) is 5.57 Å². The topological polar surface area (TPSA) is 35.5 Å². The largest absolute Gasteiger partial charge is 0.460 e. The number of hydrogen-bond acceptors (Lipinski definition) is 3. The van der Waals surface area contributed by atoms with Gasteiger partial charge in [0.1, 0.15) is 6.61 Å². The summed E-state index contributed by atoms with van der Waals surface area (Å²) in [7, 11) is -2.74. The molecular weight excluding hydrogens is 364 g/mol. The number of carbonyl (C=O) groups is 1. The predicted octanol–water partition coefficient (Wildman–Crippen LogP) is 2.79. The Morgan fingerprint density at radius 2 is 1.14 bits per heavy atom. The van der Waals surface area contributed by atoms with Crippen molar-refractivity contribution >= 4 is 29.8 Å². The Bertz CT molecular complexity index is 812. The second-order valence-corrected chi connectivity index (χ2v) is 9.93. The van der Waals surface area contributed by atoms with Crippen molar-refractivity contribution in [3.8, 4) is 0 Å². The third kappa shape index (κ3) is 4.30. The molecule has 3 nitrogen and oxygen atoms in total. The molecule has 0 saturated carbocycles. The first-order valence-electron chi connectivity index (χ1n) is 9.28. The zero-order valence-corrected chi connectivity index (χ0v) is 17.0. The molecule has 0 bridgehead atoms. The molecule has 4 heteroatoms. The van der Waals surface area contributed by atoms with Crippen LogP contribution in [0.15, 0.2) is 103 Å². The number of esters is 1. The van der Waals surface area contributed by atoms with E-state index < -0.39 is 14.3 Å². The monoisotopic (exact) mass is 388 g/mol. The minimum atomic E-state index is -2.74. The third-order valence-corrected chi connectivity index (χ3v) is 8.60. The Balaban J connectivity index is 2.01. The fraction of sp³-hybridized carbons (Fsp3) is 0.125. The van der Waals surface area contributed by atoms with Crippen molar-refractivity contribution in [1.82, 2.24) is 0 Å². The normalized spacial score (nSPS) is 11.0. The highest BCUT2D eigenvalue weighted by Gasteiger charge is 2.41. The summed E-state index contributed by atoms with van der Waals surface area (Å²) in [4.78, 5) is 11.7. The van der Waals surface area contributed by atoms with E-state index in [2.05, 4.69) is 43.0 Å². The quantitative estimate of drug-likeness (QED) is 0.196. The van der Waals surface area contributed by atoms with E-state index in [1.54, 1.807) is 6.92 Å². The maximum atomic E-state index is 11.7. The van der Waals surface area contributed by atoms with Crippen LogP contribution in [0.3, 0.4) is 0 Å². The van der Waals surface area contributed by atoms with Gasteiger partial charge in [-0.25, -0.2) is 4.79 Å². The lowest BCUT2D eigenvalue weighted by Gasteiger charge is -2.33. The first-order chi connectivity index (χ1) is 13.6.